The van der Waals surface area contributed by atoms with Crippen molar-refractivity contribution in [3.05, 3.63) is 35.1 Å². The van der Waals surface area contributed by atoms with Gasteiger partial charge < -0.3 is 4.90 Å². The minimum absolute atomic E-state index is 0.297. The Bertz CT molecular complexity index is 393. The van der Waals surface area contributed by atoms with Crippen LogP contribution in [0.25, 0.3) is 0 Å². The highest BCUT2D eigenvalue weighted by atomic mass is 19.1. The summed E-state index contributed by atoms with van der Waals surface area (Å²) in [6.45, 7) is 5.77. The first-order chi connectivity index (χ1) is 7.52. The number of hydrogen-bond acceptors (Lipinski definition) is 2. The van der Waals surface area contributed by atoms with Gasteiger partial charge >= 0.3 is 0 Å². The minimum Gasteiger partial charge on any atom is -0.302 e. The zero-order valence-corrected chi connectivity index (χ0v) is 10.00. The molecule has 3 heteroatoms. The highest BCUT2D eigenvalue weighted by molar-refractivity contribution is 5.32. The third-order valence-electron chi connectivity index (χ3n) is 2.30. The Morgan fingerprint density at radius 3 is 2.62 bits per heavy atom. The lowest BCUT2D eigenvalue weighted by molar-refractivity contribution is 0.284. The topological polar surface area (TPSA) is 27.0 Å². The maximum Gasteiger partial charge on any atom is 0.129 e. The van der Waals surface area contributed by atoms with Crippen LogP contribution in [-0.2, 0) is 6.54 Å². The van der Waals surface area contributed by atoms with Crippen molar-refractivity contribution in [2.45, 2.75) is 20.4 Å². The lowest BCUT2D eigenvalue weighted by Gasteiger charge is -2.19. The molecule has 1 aromatic rings. The van der Waals surface area contributed by atoms with E-state index >= 15 is 0 Å². The Balaban J connectivity index is 2.71. The van der Waals surface area contributed by atoms with Gasteiger partial charge in [0.1, 0.15) is 5.82 Å². The van der Waals surface area contributed by atoms with Crippen LogP contribution in [0.4, 0.5) is 4.39 Å². The number of benzene rings is 1. The average molecular weight is 220 g/mol. The Morgan fingerprint density at radius 2 is 2.12 bits per heavy atom. The van der Waals surface area contributed by atoms with Crippen LogP contribution in [0.2, 0.25) is 0 Å². The average Bonchev–Trinajstić information content (AvgIpc) is 2.19. The molecule has 0 aliphatic carbocycles. The molecule has 0 radical (unpaired) electrons. The first-order valence-electron chi connectivity index (χ1n) is 5.40. The number of nitriles is 1. The van der Waals surface area contributed by atoms with Gasteiger partial charge in [-0.15, -0.1) is 0 Å². The van der Waals surface area contributed by atoms with E-state index in [-0.39, 0.29) is 5.82 Å². The summed E-state index contributed by atoms with van der Waals surface area (Å²) in [5.74, 6) is 0.265. The maximum atomic E-state index is 13.6. The fraction of sp³-hybridized carbons (Fsp3) is 0.462. The second-order valence-electron chi connectivity index (χ2n) is 4.51. The van der Waals surface area contributed by atoms with Gasteiger partial charge in [0.25, 0.3) is 0 Å². The molecular weight excluding hydrogens is 203 g/mol. The molecule has 0 spiro atoms. The van der Waals surface area contributed by atoms with E-state index in [2.05, 4.69) is 18.7 Å². The minimum atomic E-state index is -0.297. The zero-order valence-electron chi connectivity index (χ0n) is 10.00. The molecule has 0 fully saturated rings. The smallest absolute Gasteiger partial charge is 0.129 e. The van der Waals surface area contributed by atoms with Crippen molar-refractivity contribution in [1.82, 2.24) is 4.90 Å². The molecule has 1 rings (SSSR count). The van der Waals surface area contributed by atoms with E-state index in [4.69, 9.17) is 5.26 Å². The maximum absolute atomic E-state index is 13.6. The predicted molar refractivity (Wildman–Crippen MR) is 62.3 cm³/mol. The normalized spacial score (nSPS) is 10.8. The molecule has 0 bridgehead atoms. The lowest BCUT2D eigenvalue weighted by atomic mass is 10.1. The van der Waals surface area contributed by atoms with Crippen LogP contribution in [0.5, 0.6) is 0 Å². The third-order valence-corrected chi connectivity index (χ3v) is 2.30. The van der Waals surface area contributed by atoms with E-state index < -0.39 is 0 Å². The molecule has 0 N–H and O–H groups in total. The van der Waals surface area contributed by atoms with E-state index in [1.54, 1.807) is 12.1 Å². The Labute approximate surface area is 96.3 Å². The van der Waals surface area contributed by atoms with Gasteiger partial charge in [0.2, 0.25) is 0 Å². The molecule has 2 nitrogen and oxygen atoms in total. The van der Waals surface area contributed by atoms with Crippen LogP contribution in [0.1, 0.15) is 25.0 Å². The summed E-state index contributed by atoms with van der Waals surface area (Å²) in [5, 5.41) is 8.63. The molecule has 0 amide bonds. The van der Waals surface area contributed by atoms with Crippen molar-refractivity contribution >= 4 is 0 Å². The van der Waals surface area contributed by atoms with Gasteiger partial charge in [-0.05, 0) is 25.1 Å². The van der Waals surface area contributed by atoms with Crippen LogP contribution in [0.15, 0.2) is 18.2 Å². The van der Waals surface area contributed by atoms with Gasteiger partial charge in [0.05, 0.1) is 11.6 Å². The largest absolute Gasteiger partial charge is 0.302 e. The van der Waals surface area contributed by atoms with Crippen molar-refractivity contribution in [2.75, 3.05) is 13.6 Å². The standard InChI is InChI=1S/C13H17FN2/c1-10(2)8-16(3)9-12-5-4-11(7-15)6-13(12)14/h4-6,10H,8-9H2,1-3H3. The van der Waals surface area contributed by atoms with E-state index in [1.165, 1.54) is 6.07 Å². The molecule has 1 aromatic carbocycles. The summed E-state index contributed by atoms with van der Waals surface area (Å²) in [7, 11) is 1.97. The van der Waals surface area contributed by atoms with Gasteiger partial charge in [0, 0.05) is 18.7 Å². The summed E-state index contributed by atoms with van der Waals surface area (Å²) in [4.78, 5) is 2.08. The molecule has 0 aliphatic rings. The summed E-state index contributed by atoms with van der Waals surface area (Å²) in [6.07, 6.45) is 0. The summed E-state index contributed by atoms with van der Waals surface area (Å²) in [5.41, 5.74) is 1.01. The van der Waals surface area contributed by atoms with E-state index in [0.717, 1.165) is 6.54 Å². The van der Waals surface area contributed by atoms with Crippen LogP contribution in [0, 0.1) is 23.1 Å². The van der Waals surface area contributed by atoms with Crippen LogP contribution in [-0.4, -0.2) is 18.5 Å². The van der Waals surface area contributed by atoms with Crippen LogP contribution >= 0.6 is 0 Å². The summed E-state index contributed by atoms with van der Waals surface area (Å²) >= 11 is 0. The van der Waals surface area contributed by atoms with Gasteiger partial charge in [0.15, 0.2) is 0 Å². The monoisotopic (exact) mass is 220 g/mol. The Morgan fingerprint density at radius 1 is 1.44 bits per heavy atom. The molecule has 0 unspecified atom stereocenters. The number of halogens is 1. The zero-order chi connectivity index (χ0) is 12.1. The van der Waals surface area contributed by atoms with Crippen molar-refractivity contribution in [3.63, 3.8) is 0 Å². The van der Waals surface area contributed by atoms with Crippen molar-refractivity contribution in [1.29, 1.82) is 5.26 Å². The van der Waals surface area contributed by atoms with Gasteiger partial charge in [-0.25, -0.2) is 4.39 Å². The van der Waals surface area contributed by atoms with Gasteiger partial charge in [-0.2, -0.15) is 5.26 Å². The highest BCUT2D eigenvalue weighted by Gasteiger charge is 2.07. The molecule has 16 heavy (non-hydrogen) atoms. The first-order valence-corrected chi connectivity index (χ1v) is 5.40. The number of nitrogens with zero attached hydrogens (tertiary/aromatic N) is 2. The molecule has 0 atom stereocenters. The third kappa shape index (κ3) is 3.63. The van der Waals surface area contributed by atoms with Crippen molar-refractivity contribution in [3.8, 4) is 6.07 Å². The van der Waals surface area contributed by atoms with Gasteiger partial charge in [-0.1, -0.05) is 19.9 Å². The molecule has 0 heterocycles. The fourth-order valence-corrected chi connectivity index (χ4v) is 1.72. The fourth-order valence-electron chi connectivity index (χ4n) is 1.72. The molecule has 0 saturated heterocycles. The summed E-state index contributed by atoms with van der Waals surface area (Å²) < 4.78 is 13.6. The Hall–Kier alpha value is -1.40. The van der Waals surface area contributed by atoms with Crippen molar-refractivity contribution in [2.24, 2.45) is 5.92 Å². The number of rotatable bonds is 4. The summed E-state index contributed by atoms with van der Waals surface area (Å²) in [6, 6.07) is 6.56. The Kier molecular flexibility index (Phi) is 4.45. The van der Waals surface area contributed by atoms with Crippen LogP contribution < -0.4 is 0 Å². The van der Waals surface area contributed by atoms with Gasteiger partial charge in [-0.3, -0.25) is 0 Å². The first kappa shape index (κ1) is 12.7. The molecular formula is C13H17FN2. The second-order valence-corrected chi connectivity index (χ2v) is 4.51. The van der Waals surface area contributed by atoms with E-state index in [0.29, 0.717) is 23.6 Å². The van der Waals surface area contributed by atoms with Crippen molar-refractivity contribution < 1.29 is 4.39 Å². The molecule has 86 valence electrons. The SMILES string of the molecule is CC(C)CN(C)Cc1ccc(C#N)cc1F. The molecule has 0 saturated carbocycles. The molecule has 0 aliphatic heterocycles. The van der Waals surface area contributed by atoms with E-state index in [9.17, 15) is 4.39 Å². The quantitative estimate of drug-likeness (QED) is 0.780. The molecule has 0 aromatic heterocycles. The predicted octanol–water partition coefficient (Wildman–Crippen LogP) is 2.79. The van der Waals surface area contributed by atoms with Crippen LogP contribution in [0.3, 0.4) is 0 Å². The second kappa shape index (κ2) is 5.62. The highest BCUT2D eigenvalue weighted by Crippen LogP contribution is 2.12. The lowest BCUT2D eigenvalue weighted by Crippen LogP contribution is -2.23. The number of hydrogen-bond donors (Lipinski definition) is 0. The van der Waals surface area contributed by atoms with E-state index in [1.807, 2.05) is 13.1 Å².